The van der Waals surface area contributed by atoms with E-state index in [2.05, 4.69) is 0 Å². The fourth-order valence-corrected chi connectivity index (χ4v) is 2.30. The first-order chi connectivity index (χ1) is 7.52. The Balaban J connectivity index is 0.00000144. The van der Waals surface area contributed by atoms with Crippen molar-refractivity contribution in [3.8, 4) is 0 Å². The summed E-state index contributed by atoms with van der Waals surface area (Å²) in [4.78, 5) is -0.173. The van der Waals surface area contributed by atoms with Crippen molar-refractivity contribution < 1.29 is 42.5 Å². The summed E-state index contributed by atoms with van der Waals surface area (Å²) in [6.07, 6.45) is 0.876. The molecule has 0 unspecified atom stereocenters. The topological polar surface area (TPSA) is 57.2 Å². The van der Waals surface area contributed by atoms with Crippen LogP contribution in [0.2, 0.25) is 0 Å². The number of hydrogen-bond acceptors (Lipinski definition) is 3. The van der Waals surface area contributed by atoms with Crippen LogP contribution in [0.4, 0.5) is 0 Å². The first-order valence-corrected chi connectivity index (χ1v) is 6.41. The Morgan fingerprint density at radius 1 is 1.18 bits per heavy atom. The Kier molecular flexibility index (Phi) is 4.75. The Bertz CT molecular complexity index is 635. The first kappa shape index (κ1) is 14.7. The maximum Gasteiger partial charge on any atom is 1.00 e. The zero-order chi connectivity index (χ0) is 11.8. The Hall–Kier alpha value is -0.390. The standard InChI is InChI=1S/C12H12O3S.Na/c1-2-9-4-3-5-10-8-11(16(13,14)15)6-7-12(9)10;/h3-8H,2H2,1H3,(H,13,14,15);/q;+1/p-1. The molecule has 0 aliphatic rings. The molecule has 0 spiro atoms. The van der Waals surface area contributed by atoms with Crippen LogP contribution in [0.25, 0.3) is 10.8 Å². The van der Waals surface area contributed by atoms with Crippen LogP contribution in [0.1, 0.15) is 12.5 Å². The summed E-state index contributed by atoms with van der Waals surface area (Å²) >= 11 is 0. The maximum atomic E-state index is 10.9. The van der Waals surface area contributed by atoms with Crippen molar-refractivity contribution in [3.63, 3.8) is 0 Å². The molecule has 84 valence electrons. The van der Waals surface area contributed by atoms with Gasteiger partial charge < -0.3 is 4.55 Å². The van der Waals surface area contributed by atoms with Crippen LogP contribution >= 0.6 is 0 Å². The predicted octanol–water partition coefficient (Wildman–Crippen LogP) is -0.690. The molecular weight excluding hydrogens is 247 g/mol. The monoisotopic (exact) mass is 258 g/mol. The van der Waals surface area contributed by atoms with Crippen LogP contribution in [-0.4, -0.2) is 13.0 Å². The van der Waals surface area contributed by atoms with Gasteiger partial charge in [0.15, 0.2) is 0 Å². The van der Waals surface area contributed by atoms with Crippen molar-refractivity contribution in [2.24, 2.45) is 0 Å². The van der Waals surface area contributed by atoms with Gasteiger partial charge in [0, 0.05) is 0 Å². The van der Waals surface area contributed by atoms with Crippen molar-refractivity contribution in [2.75, 3.05) is 0 Å². The number of hydrogen-bond donors (Lipinski definition) is 0. The summed E-state index contributed by atoms with van der Waals surface area (Å²) in [6.45, 7) is 2.03. The van der Waals surface area contributed by atoms with E-state index in [0.717, 1.165) is 22.8 Å². The number of benzene rings is 2. The molecule has 0 fully saturated rings. The second-order valence-electron chi connectivity index (χ2n) is 3.61. The summed E-state index contributed by atoms with van der Waals surface area (Å²) < 4.78 is 32.6. The Morgan fingerprint density at radius 3 is 2.47 bits per heavy atom. The fourth-order valence-electron chi connectivity index (χ4n) is 1.79. The van der Waals surface area contributed by atoms with Crippen LogP contribution in [-0.2, 0) is 16.5 Å². The molecule has 0 aliphatic heterocycles. The number of aryl methyl sites for hydroxylation is 1. The third-order valence-corrected chi connectivity index (χ3v) is 3.44. The molecule has 0 aliphatic carbocycles. The molecule has 0 bridgehead atoms. The normalized spacial score (nSPS) is 11.2. The summed E-state index contributed by atoms with van der Waals surface area (Å²) in [5, 5.41) is 1.79. The van der Waals surface area contributed by atoms with E-state index in [4.69, 9.17) is 0 Å². The molecule has 0 heterocycles. The van der Waals surface area contributed by atoms with E-state index < -0.39 is 10.1 Å². The van der Waals surface area contributed by atoms with E-state index in [1.54, 1.807) is 6.07 Å². The molecule has 2 aromatic carbocycles. The molecule has 0 N–H and O–H groups in total. The van der Waals surface area contributed by atoms with Gasteiger partial charge in [-0.1, -0.05) is 31.2 Å². The zero-order valence-electron chi connectivity index (χ0n) is 9.80. The molecule has 5 heteroatoms. The van der Waals surface area contributed by atoms with E-state index in [0.29, 0.717) is 0 Å². The van der Waals surface area contributed by atoms with Crippen molar-refractivity contribution in [3.05, 3.63) is 42.0 Å². The molecule has 0 amide bonds. The van der Waals surface area contributed by atoms with Gasteiger partial charge in [0.25, 0.3) is 0 Å². The van der Waals surface area contributed by atoms with E-state index in [9.17, 15) is 13.0 Å². The second-order valence-corrected chi connectivity index (χ2v) is 4.99. The molecule has 2 rings (SSSR count). The molecule has 0 saturated heterocycles. The summed E-state index contributed by atoms with van der Waals surface area (Å²) in [6, 6.07) is 10.2. The molecule has 17 heavy (non-hydrogen) atoms. The van der Waals surface area contributed by atoms with Crippen molar-refractivity contribution in [1.82, 2.24) is 0 Å². The smallest absolute Gasteiger partial charge is 0.744 e. The average Bonchev–Trinajstić information content (AvgIpc) is 2.26. The average molecular weight is 258 g/mol. The van der Waals surface area contributed by atoms with Crippen molar-refractivity contribution in [1.29, 1.82) is 0 Å². The van der Waals surface area contributed by atoms with Gasteiger partial charge in [-0.05, 0) is 34.9 Å². The van der Waals surface area contributed by atoms with E-state index in [1.165, 1.54) is 12.1 Å². The van der Waals surface area contributed by atoms with Gasteiger partial charge in [-0.15, -0.1) is 0 Å². The van der Waals surface area contributed by atoms with E-state index >= 15 is 0 Å². The third-order valence-electron chi connectivity index (χ3n) is 2.61. The molecule has 0 atom stereocenters. The van der Waals surface area contributed by atoms with Gasteiger partial charge in [-0.2, -0.15) is 0 Å². The van der Waals surface area contributed by atoms with E-state index in [-0.39, 0.29) is 34.5 Å². The van der Waals surface area contributed by atoms with Gasteiger partial charge in [0.05, 0.1) is 4.90 Å². The van der Waals surface area contributed by atoms with Crippen molar-refractivity contribution >= 4 is 20.9 Å². The van der Waals surface area contributed by atoms with Gasteiger partial charge in [0.1, 0.15) is 10.1 Å². The molecule has 0 aromatic heterocycles. The quantitative estimate of drug-likeness (QED) is 0.529. The minimum absolute atomic E-state index is 0. The Morgan fingerprint density at radius 2 is 1.88 bits per heavy atom. The molecule has 0 saturated carbocycles. The van der Waals surface area contributed by atoms with Crippen LogP contribution in [0.5, 0.6) is 0 Å². The van der Waals surface area contributed by atoms with Crippen LogP contribution in [0.3, 0.4) is 0 Å². The van der Waals surface area contributed by atoms with Crippen LogP contribution in [0.15, 0.2) is 41.3 Å². The van der Waals surface area contributed by atoms with Gasteiger partial charge >= 0.3 is 29.6 Å². The molecule has 2 aromatic rings. The summed E-state index contributed by atoms with van der Waals surface area (Å²) in [5.74, 6) is 0. The van der Waals surface area contributed by atoms with E-state index in [1.807, 2.05) is 25.1 Å². The molecule has 0 radical (unpaired) electrons. The molecule has 3 nitrogen and oxygen atoms in total. The first-order valence-electron chi connectivity index (χ1n) is 5.00. The van der Waals surface area contributed by atoms with Crippen LogP contribution in [0, 0.1) is 0 Å². The largest absolute Gasteiger partial charge is 1.00 e. The fraction of sp³-hybridized carbons (Fsp3) is 0.167. The minimum atomic E-state index is -4.36. The predicted molar refractivity (Wildman–Crippen MR) is 61.3 cm³/mol. The Labute approximate surface area is 123 Å². The zero-order valence-corrected chi connectivity index (χ0v) is 12.6. The molecular formula is C12H11NaO3S. The van der Waals surface area contributed by atoms with Gasteiger partial charge in [-0.3, -0.25) is 0 Å². The van der Waals surface area contributed by atoms with Gasteiger partial charge in [-0.25, -0.2) is 8.42 Å². The van der Waals surface area contributed by atoms with Gasteiger partial charge in [0.2, 0.25) is 0 Å². The second kappa shape index (κ2) is 5.50. The maximum absolute atomic E-state index is 10.9. The van der Waals surface area contributed by atoms with Crippen molar-refractivity contribution in [2.45, 2.75) is 18.2 Å². The number of fused-ring (bicyclic) bond motifs is 1. The van der Waals surface area contributed by atoms with Crippen LogP contribution < -0.4 is 29.6 Å². The number of rotatable bonds is 2. The summed E-state index contributed by atoms with van der Waals surface area (Å²) in [7, 11) is -4.36. The third kappa shape index (κ3) is 3.09. The minimum Gasteiger partial charge on any atom is -0.744 e. The SMILES string of the molecule is CCc1cccc2cc(S(=O)(=O)[O-])ccc12.[Na+]. The summed E-state index contributed by atoms with van der Waals surface area (Å²) in [5.41, 5.74) is 1.15.